The first-order valence-electron chi connectivity index (χ1n) is 3.58. The van der Waals surface area contributed by atoms with E-state index in [9.17, 15) is 4.39 Å². The average molecular weight is 140 g/mol. The molecule has 0 spiro atoms. The van der Waals surface area contributed by atoms with Gasteiger partial charge < -0.3 is 0 Å². The summed E-state index contributed by atoms with van der Waals surface area (Å²) in [5, 5.41) is 0. The Morgan fingerprint density at radius 1 is 1.30 bits per heavy atom. The highest BCUT2D eigenvalue weighted by molar-refractivity contribution is 5.21. The molecular formula is C9H13F. The largest absolute Gasteiger partial charge is 0.207 e. The zero-order valence-electron chi connectivity index (χ0n) is 6.47. The monoisotopic (exact) mass is 140 g/mol. The van der Waals surface area contributed by atoms with Crippen LogP contribution in [0, 0.1) is 0 Å². The molecule has 10 heavy (non-hydrogen) atoms. The Labute approximate surface area is 61.8 Å². The number of allylic oxidation sites excluding steroid dienone is 6. The van der Waals surface area contributed by atoms with Crippen LogP contribution in [-0.2, 0) is 0 Å². The minimum Gasteiger partial charge on any atom is -0.207 e. The summed E-state index contributed by atoms with van der Waals surface area (Å²) in [5.41, 5.74) is 0. The summed E-state index contributed by atoms with van der Waals surface area (Å²) in [6.45, 7) is 4.00. The molecule has 0 N–H and O–H groups in total. The van der Waals surface area contributed by atoms with E-state index >= 15 is 0 Å². The fraction of sp³-hybridized carbons (Fsp3) is 0.333. The fourth-order valence-electron chi connectivity index (χ4n) is 0.553. The highest BCUT2D eigenvalue weighted by atomic mass is 19.1. The molecule has 0 saturated carbocycles. The van der Waals surface area contributed by atoms with Gasteiger partial charge in [0.05, 0.1) is 0 Å². The van der Waals surface area contributed by atoms with Gasteiger partial charge in [0.15, 0.2) is 0 Å². The van der Waals surface area contributed by atoms with E-state index in [0.717, 1.165) is 6.42 Å². The Morgan fingerprint density at radius 3 is 2.70 bits per heavy atom. The molecule has 0 bridgehead atoms. The average Bonchev–Trinajstić information content (AvgIpc) is 2.21. The predicted molar refractivity (Wildman–Crippen MR) is 43.4 cm³/mol. The van der Waals surface area contributed by atoms with Crippen molar-refractivity contribution in [3.05, 3.63) is 36.2 Å². The van der Waals surface area contributed by atoms with Crippen LogP contribution < -0.4 is 0 Å². The van der Waals surface area contributed by atoms with E-state index in [-0.39, 0.29) is 5.83 Å². The van der Waals surface area contributed by atoms with Gasteiger partial charge in [0.25, 0.3) is 0 Å². The Balaban J connectivity index is 0.000000371. The van der Waals surface area contributed by atoms with Crippen molar-refractivity contribution in [3.63, 3.8) is 0 Å². The Hall–Kier alpha value is -0.850. The summed E-state index contributed by atoms with van der Waals surface area (Å²) in [6, 6.07) is 0. The summed E-state index contributed by atoms with van der Waals surface area (Å²) >= 11 is 0. The lowest BCUT2D eigenvalue weighted by molar-refractivity contribution is 0.667. The van der Waals surface area contributed by atoms with Crippen molar-refractivity contribution >= 4 is 0 Å². The van der Waals surface area contributed by atoms with Crippen LogP contribution >= 0.6 is 0 Å². The molecule has 0 atom stereocenters. The first-order valence-corrected chi connectivity index (χ1v) is 3.58. The van der Waals surface area contributed by atoms with Gasteiger partial charge in [-0.15, -0.1) is 0 Å². The van der Waals surface area contributed by atoms with E-state index < -0.39 is 0 Å². The van der Waals surface area contributed by atoms with Gasteiger partial charge >= 0.3 is 0 Å². The Kier molecular flexibility index (Phi) is 5.74. The molecule has 0 aliphatic heterocycles. The maximum Gasteiger partial charge on any atom is 0.122 e. The van der Waals surface area contributed by atoms with Crippen LogP contribution in [0.3, 0.4) is 0 Å². The molecule has 0 aromatic rings. The minimum atomic E-state index is -0.168. The van der Waals surface area contributed by atoms with Crippen LogP contribution in [0.1, 0.15) is 20.3 Å². The lowest BCUT2D eigenvalue weighted by Crippen LogP contribution is -1.57. The highest BCUT2D eigenvalue weighted by Gasteiger charge is 1.84. The van der Waals surface area contributed by atoms with Gasteiger partial charge in [-0.2, -0.15) is 0 Å². The van der Waals surface area contributed by atoms with E-state index in [4.69, 9.17) is 0 Å². The van der Waals surface area contributed by atoms with Crippen molar-refractivity contribution in [1.29, 1.82) is 0 Å². The molecule has 1 aliphatic rings. The summed E-state index contributed by atoms with van der Waals surface area (Å²) in [6.07, 6.45) is 9.17. The molecular weight excluding hydrogens is 127 g/mol. The lowest BCUT2D eigenvalue weighted by Gasteiger charge is -1.75. The summed E-state index contributed by atoms with van der Waals surface area (Å²) in [7, 11) is 0. The van der Waals surface area contributed by atoms with Crippen LogP contribution in [0.15, 0.2) is 36.2 Å². The number of hydrogen-bond acceptors (Lipinski definition) is 0. The standard InChI is InChI=1S/C7H7F.C2H6/c8-7-5-3-1-2-4-6-7;1-2/h1,3-6H,2H2;1-2H3. The van der Waals surface area contributed by atoms with Gasteiger partial charge in [-0.3, -0.25) is 0 Å². The second-order valence-corrected chi connectivity index (χ2v) is 1.62. The minimum absolute atomic E-state index is 0.168. The van der Waals surface area contributed by atoms with Gasteiger partial charge in [0, 0.05) is 0 Å². The van der Waals surface area contributed by atoms with Crippen molar-refractivity contribution in [2.24, 2.45) is 0 Å². The normalized spacial score (nSPS) is 14.9. The van der Waals surface area contributed by atoms with Gasteiger partial charge in [0.2, 0.25) is 0 Å². The Bertz CT molecular complexity index is 152. The molecule has 0 fully saturated rings. The lowest BCUT2D eigenvalue weighted by atomic mass is 10.4. The van der Waals surface area contributed by atoms with Crippen molar-refractivity contribution in [2.45, 2.75) is 20.3 Å². The first-order chi connectivity index (χ1) is 4.89. The molecule has 0 unspecified atom stereocenters. The highest BCUT2D eigenvalue weighted by Crippen LogP contribution is 2.03. The molecule has 0 aromatic carbocycles. The SMILES string of the molecule is CC.FC1=CC=CCC=C1. The second kappa shape index (κ2) is 6.27. The van der Waals surface area contributed by atoms with Crippen LogP contribution in [0.2, 0.25) is 0 Å². The van der Waals surface area contributed by atoms with E-state index in [2.05, 4.69) is 0 Å². The topological polar surface area (TPSA) is 0 Å². The third kappa shape index (κ3) is 4.07. The summed E-state index contributed by atoms with van der Waals surface area (Å²) in [4.78, 5) is 0. The molecule has 0 amide bonds. The van der Waals surface area contributed by atoms with Crippen LogP contribution in [0.5, 0.6) is 0 Å². The van der Waals surface area contributed by atoms with E-state index in [1.54, 1.807) is 12.2 Å². The van der Waals surface area contributed by atoms with E-state index in [1.807, 2.05) is 19.9 Å². The van der Waals surface area contributed by atoms with E-state index in [0.29, 0.717) is 0 Å². The summed E-state index contributed by atoms with van der Waals surface area (Å²) in [5.74, 6) is -0.168. The maximum absolute atomic E-state index is 12.2. The number of halogens is 1. The Morgan fingerprint density at radius 2 is 2.00 bits per heavy atom. The smallest absolute Gasteiger partial charge is 0.122 e. The quantitative estimate of drug-likeness (QED) is 0.484. The van der Waals surface area contributed by atoms with Crippen molar-refractivity contribution < 1.29 is 4.39 Å². The zero-order valence-corrected chi connectivity index (χ0v) is 6.47. The molecule has 1 aliphatic carbocycles. The fourth-order valence-corrected chi connectivity index (χ4v) is 0.553. The molecule has 0 aromatic heterocycles. The first kappa shape index (κ1) is 9.15. The molecule has 1 rings (SSSR count). The van der Waals surface area contributed by atoms with Crippen molar-refractivity contribution in [2.75, 3.05) is 0 Å². The van der Waals surface area contributed by atoms with Gasteiger partial charge in [-0.05, 0) is 18.6 Å². The second-order valence-electron chi connectivity index (χ2n) is 1.62. The zero-order chi connectivity index (χ0) is 7.82. The molecule has 1 heteroatoms. The van der Waals surface area contributed by atoms with E-state index in [1.165, 1.54) is 12.2 Å². The summed E-state index contributed by atoms with van der Waals surface area (Å²) < 4.78 is 12.2. The number of hydrogen-bond donors (Lipinski definition) is 0. The van der Waals surface area contributed by atoms with Gasteiger partial charge in [-0.1, -0.05) is 32.1 Å². The predicted octanol–water partition coefficient (Wildman–Crippen LogP) is 3.38. The molecule has 56 valence electrons. The molecule has 0 saturated heterocycles. The third-order valence-electron chi connectivity index (χ3n) is 0.941. The maximum atomic E-state index is 12.2. The molecule has 0 nitrogen and oxygen atoms in total. The van der Waals surface area contributed by atoms with Gasteiger partial charge in [-0.25, -0.2) is 4.39 Å². The van der Waals surface area contributed by atoms with Crippen molar-refractivity contribution in [3.8, 4) is 0 Å². The van der Waals surface area contributed by atoms with Crippen LogP contribution in [0.4, 0.5) is 4.39 Å². The van der Waals surface area contributed by atoms with Crippen molar-refractivity contribution in [1.82, 2.24) is 0 Å². The van der Waals surface area contributed by atoms with Crippen LogP contribution in [-0.4, -0.2) is 0 Å². The van der Waals surface area contributed by atoms with Gasteiger partial charge in [0.1, 0.15) is 5.83 Å². The number of rotatable bonds is 0. The third-order valence-corrected chi connectivity index (χ3v) is 0.941. The molecule has 0 radical (unpaired) electrons. The molecule has 0 heterocycles. The van der Waals surface area contributed by atoms with Crippen LogP contribution in [0.25, 0.3) is 0 Å².